The molecule has 1 N–H and O–H groups in total. The van der Waals surface area contributed by atoms with Crippen LogP contribution < -0.4 is 5.56 Å². The van der Waals surface area contributed by atoms with Crippen molar-refractivity contribution < 1.29 is 13.6 Å². The number of hydrogen-bond donors (Lipinski definition) is 1. The van der Waals surface area contributed by atoms with E-state index < -0.39 is 5.82 Å². The number of aromatic amines is 1. The average molecular weight is 472 g/mol. The molecule has 1 saturated heterocycles. The van der Waals surface area contributed by atoms with Crippen molar-refractivity contribution in [2.45, 2.75) is 25.2 Å². The minimum absolute atomic E-state index is 0.0560. The van der Waals surface area contributed by atoms with Gasteiger partial charge in [-0.15, -0.1) is 0 Å². The second-order valence-electron chi connectivity index (χ2n) is 9.85. The second kappa shape index (κ2) is 8.12. The molecule has 0 atom stereocenters. The molecule has 5 nitrogen and oxygen atoms in total. The molecule has 1 saturated carbocycles. The van der Waals surface area contributed by atoms with Crippen molar-refractivity contribution >= 4 is 16.7 Å². The zero-order chi connectivity index (χ0) is 24.2. The first-order valence-electron chi connectivity index (χ1n) is 11.7. The van der Waals surface area contributed by atoms with Crippen LogP contribution in [0.15, 0.2) is 71.5 Å². The van der Waals surface area contributed by atoms with Crippen molar-refractivity contribution in [1.29, 1.82) is 0 Å². The van der Waals surface area contributed by atoms with Gasteiger partial charge < -0.3 is 4.90 Å². The molecule has 7 heteroatoms. The van der Waals surface area contributed by atoms with Gasteiger partial charge >= 0.3 is 0 Å². The fourth-order valence-electron chi connectivity index (χ4n) is 5.64. The van der Waals surface area contributed by atoms with Crippen LogP contribution >= 0.6 is 0 Å². The molecule has 176 valence electrons. The number of carbonyl (C=O) groups is 1. The zero-order valence-corrected chi connectivity index (χ0v) is 18.9. The van der Waals surface area contributed by atoms with Gasteiger partial charge in [0.1, 0.15) is 11.6 Å². The molecule has 1 amide bonds. The summed E-state index contributed by atoms with van der Waals surface area (Å²) >= 11 is 0. The first kappa shape index (κ1) is 21.6. The lowest BCUT2D eigenvalue weighted by molar-refractivity contribution is -0.0555. The number of nitrogens with one attached hydrogen (secondary N) is 1. The van der Waals surface area contributed by atoms with Crippen molar-refractivity contribution in [3.63, 3.8) is 0 Å². The number of halogens is 2. The summed E-state index contributed by atoms with van der Waals surface area (Å²) in [6.07, 6.45) is 2.27. The molecule has 1 aromatic heterocycles. The predicted molar refractivity (Wildman–Crippen MR) is 128 cm³/mol. The second-order valence-corrected chi connectivity index (χ2v) is 9.85. The van der Waals surface area contributed by atoms with Crippen LogP contribution in [0.4, 0.5) is 8.78 Å². The van der Waals surface area contributed by atoms with Crippen molar-refractivity contribution in [2.75, 3.05) is 13.1 Å². The number of H-pyrrole nitrogens is 1. The highest BCUT2D eigenvalue weighted by molar-refractivity contribution is 5.95. The third-order valence-corrected chi connectivity index (χ3v) is 7.45. The fourth-order valence-corrected chi connectivity index (χ4v) is 5.64. The molecule has 1 spiro atoms. The molecule has 1 aliphatic heterocycles. The number of rotatable bonds is 4. The van der Waals surface area contributed by atoms with E-state index in [1.54, 1.807) is 29.2 Å². The minimum Gasteiger partial charge on any atom is -0.337 e. The number of likely N-dealkylation sites (tertiary alicyclic amines) is 1. The summed E-state index contributed by atoms with van der Waals surface area (Å²) in [7, 11) is 0. The highest BCUT2D eigenvalue weighted by Crippen LogP contribution is 2.56. The van der Waals surface area contributed by atoms with Crippen molar-refractivity contribution in [3.05, 3.63) is 111 Å². The van der Waals surface area contributed by atoms with Gasteiger partial charge in [0.25, 0.3) is 11.5 Å². The number of carbonyl (C=O) groups excluding carboxylic acids is 1. The van der Waals surface area contributed by atoms with E-state index in [4.69, 9.17) is 0 Å². The third kappa shape index (κ3) is 3.81. The summed E-state index contributed by atoms with van der Waals surface area (Å²) in [5, 5.41) is 7.98. The summed E-state index contributed by atoms with van der Waals surface area (Å²) < 4.78 is 27.8. The lowest BCUT2D eigenvalue weighted by Gasteiger charge is -2.59. The monoisotopic (exact) mass is 471 g/mol. The van der Waals surface area contributed by atoms with E-state index >= 15 is 0 Å². The number of amides is 1. The van der Waals surface area contributed by atoms with Gasteiger partial charge in [0.2, 0.25) is 0 Å². The first-order chi connectivity index (χ1) is 16.9. The zero-order valence-electron chi connectivity index (χ0n) is 18.9. The molecule has 1 aliphatic carbocycles. The number of aromatic nitrogens is 2. The van der Waals surface area contributed by atoms with E-state index in [-0.39, 0.29) is 28.3 Å². The van der Waals surface area contributed by atoms with Gasteiger partial charge in [-0.3, -0.25) is 9.59 Å². The van der Waals surface area contributed by atoms with E-state index in [2.05, 4.69) is 10.2 Å². The normalized spacial score (nSPS) is 16.8. The molecule has 2 heterocycles. The molecule has 2 fully saturated rings. The molecule has 6 rings (SSSR count). The minimum atomic E-state index is -0.545. The average Bonchev–Trinajstić information content (AvgIpc) is 2.81. The Hall–Kier alpha value is -3.87. The molecule has 2 aliphatic rings. The summed E-state index contributed by atoms with van der Waals surface area (Å²) in [6.45, 7) is 1.22. The van der Waals surface area contributed by atoms with Crippen molar-refractivity contribution in [3.8, 4) is 0 Å². The summed E-state index contributed by atoms with van der Waals surface area (Å²) in [5.74, 6) is -0.708. The van der Waals surface area contributed by atoms with Crippen LogP contribution in [0.3, 0.4) is 0 Å². The summed E-state index contributed by atoms with van der Waals surface area (Å²) in [4.78, 5) is 26.9. The van der Waals surface area contributed by atoms with Gasteiger partial charge in [-0.25, -0.2) is 13.9 Å². The topological polar surface area (TPSA) is 66.1 Å². The Labute approximate surface area is 200 Å². The first-order valence-corrected chi connectivity index (χ1v) is 11.7. The van der Waals surface area contributed by atoms with E-state index in [0.29, 0.717) is 36.5 Å². The van der Waals surface area contributed by atoms with Crippen LogP contribution in [0, 0.1) is 17.0 Å². The Kier molecular flexibility index (Phi) is 5.02. The fraction of sp³-hybridized carbons (Fsp3) is 0.250. The number of nitrogens with zero attached hydrogens (tertiary/aromatic N) is 2. The van der Waals surface area contributed by atoms with E-state index in [1.807, 2.05) is 24.3 Å². The number of fused-ring (bicyclic) bond motifs is 1. The molecule has 0 bridgehead atoms. The molecule has 0 unspecified atom stereocenters. The molecular formula is C28H23F2N3O2. The third-order valence-electron chi connectivity index (χ3n) is 7.45. The van der Waals surface area contributed by atoms with Gasteiger partial charge in [0, 0.05) is 30.3 Å². The molecular weight excluding hydrogens is 448 g/mol. The van der Waals surface area contributed by atoms with Gasteiger partial charge in [0.05, 0.1) is 16.6 Å². The smallest absolute Gasteiger partial charge is 0.272 e. The van der Waals surface area contributed by atoms with Crippen LogP contribution in [0.25, 0.3) is 10.8 Å². The summed E-state index contributed by atoms with van der Waals surface area (Å²) in [6, 6.07) is 18.4. The SMILES string of the molecule is O=C(c1cc(Cc2n[nH]c(=O)c3ccccc23)ccc1F)N1CC2(CC(c3ccc(F)cc3)C2)C1. The molecule has 3 aromatic carbocycles. The number of benzene rings is 3. The lowest BCUT2D eigenvalue weighted by atomic mass is 9.56. The molecule has 0 radical (unpaired) electrons. The van der Waals surface area contributed by atoms with Crippen molar-refractivity contribution in [2.24, 2.45) is 5.41 Å². The largest absolute Gasteiger partial charge is 0.337 e. The highest BCUT2D eigenvalue weighted by Gasteiger charge is 2.54. The van der Waals surface area contributed by atoms with Crippen LogP contribution in [-0.2, 0) is 6.42 Å². The Bertz CT molecular complexity index is 1500. The Morgan fingerprint density at radius 2 is 1.71 bits per heavy atom. The summed E-state index contributed by atoms with van der Waals surface area (Å²) in [5.41, 5.74) is 2.42. The Morgan fingerprint density at radius 1 is 1.00 bits per heavy atom. The standard InChI is InChI=1S/C28H23F2N3O2/c29-20-8-6-18(7-9-20)19-13-28(14-19)15-33(16-28)27(35)23-11-17(5-10-24(23)30)12-25-21-3-1-2-4-22(21)26(34)32-31-25/h1-11,19H,12-16H2,(H,32,34). The van der Waals surface area contributed by atoms with E-state index in [0.717, 1.165) is 29.4 Å². The maximum Gasteiger partial charge on any atom is 0.272 e. The number of hydrogen-bond acceptors (Lipinski definition) is 3. The van der Waals surface area contributed by atoms with E-state index in [9.17, 15) is 18.4 Å². The van der Waals surface area contributed by atoms with Crippen LogP contribution in [0.1, 0.15) is 45.9 Å². The van der Waals surface area contributed by atoms with E-state index in [1.165, 1.54) is 18.2 Å². The lowest BCUT2D eigenvalue weighted by Crippen LogP contribution is -2.63. The van der Waals surface area contributed by atoms with Gasteiger partial charge in [-0.05, 0) is 60.2 Å². The maximum atomic E-state index is 14.6. The molecule has 4 aromatic rings. The Balaban J connectivity index is 1.16. The quantitative estimate of drug-likeness (QED) is 0.465. The van der Waals surface area contributed by atoms with Crippen LogP contribution in [0.5, 0.6) is 0 Å². The van der Waals surface area contributed by atoms with Gasteiger partial charge in [-0.2, -0.15) is 5.10 Å². The maximum absolute atomic E-state index is 14.6. The van der Waals surface area contributed by atoms with Crippen LogP contribution in [0.2, 0.25) is 0 Å². The van der Waals surface area contributed by atoms with Gasteiger partial charge in [-0.1, -0.05) is 36.4 Å². The highest BCUT2D eigenvalue weighted by atomic mass is 19.1. The van der Waals surface area contributed by atoms with Crippen molar-refractivity contribution in [1.82, 2.24) is 15.1 Å². The predicted octanol–water partition coefficient (Wildman–Crippen LogP) is 4.81. The molecule has 35 heavy (non-hydrogen) atoms. The van der Waals surface area contributed by atoms with Gasteiger partial charge in [0.15, 0.2) is 0 Å². The Morgan fingerprint density at radius 3 is 2.46 bits per heavy atom. The van der Waals surface area contributed by atoms with Crippen LogP contribution in [-0.4, -0.2) is 34.1 Å².